The minimum absolute atomic E-state index is 0.279. The maximum absolute atomic E-state index is 4.11. The fourth-order valence-corrected chi connectivity index (χ4v) is 3.33. The van der Waals surface area contributed by atoms with Crippen molar-refractivity contribution in [2.45, 2.75) is 25.8 Å². The first-order valence-corrected chi connectivity index (χ1v) is 7.68. The highest BCUT2D eigenvalue weighted by Gasteiger charge is 2.14. The summed E-state index contributed by atoms with van der Waals surface area (Å²) in [6.07, 6.45) is 7.44. The summed E-state index contributed by atoms with van der Waals surface area (Å²) < 4.78 is 1.19. The van der Waals surface area contributed by atoms with Gasteiger partial charge in [0.05, 0.1) is 0 Å². The third kappa shape index (κ3) is 3.60. The lowest BCUT2D eigenvalue weighted by Crippen LogP contribution is -2.24. The largest absolute Gasteiger partial charge is 0.310 e. The molecule has 1 atom stereocenters. The van der Waals surface area contributed by atoms with Crippen molar-refractivity contribution in [1.82, 2.24) is 15.3 Å². The third-order valence-electron chi connectivity index (χ3n) is 2.70. The van der Waals surface area contributed by atoms with Crippen LogP contribution in [0.3, 0.4) is 0 Å². The molecule has 2 aromatic rings. The Kier molecular flexibility index (Phi) is 5.28. The van der Waals surface area contributed by atoms with Crippen molar-refractivity contribution in [2.75, 3.05) is 6.54 Å². The van der Waals surface area contributed by atoms with Gasteiger partial charge in [-0.3, -0.25) is 0 Å². The molecule has 96 valence electrons. The summed E-state index contributed by atoms with van der Waals surface area (Å²) in [6, 6.07) is 2.37. The smallest absolute Gasteiger partial charge is 0.115 e. The second-order valence-corrected chi connectivity index (χ2v) is 5.93. The number of aromatic nitrogens is 2. The standard InChI is InChI=1S/C13H16BrN3S/c1-2-4-17-12(10-7-15-9-16-8-10)6-13-11(14)3-5-18-13/h3,5,7-9,12,17H,2,4,6H2,1H3. The van der Waals surface area contributed by atoms with Crippen LogP contribution in [0.2, 0.25) is 0 Å². The molecule has 0 radical (unpaired) electrons. The Bertz CT molecular complexity index is 472. The minimum Gasteiger partial charge on any atom is -0.310 e. The van der Waals surface area contributed by atoms with E-state index in [0.29, 0.717) is 0 Å². The molecule has 5 heteroatoms. The molecule has 0 amide bonds. The molecule has 2 aromatic heterocycles. The minimum atomic E-state index is 0.279. The number of thiophene rings is 1. The van der Waals surface area contributed by atoms with Crippen LogP contribution in [-0.2, 0) is 6.42 Å². The summed E-state index contributed by atoms with van der Waals surface area (Å²) in [4.78, 5) is 9.57. The quantitative estimate of drug-likeness (QED) is 0.882. The summed E-state index contributed by atoms with van der Waals surface area (Å²) in [6.45, 7) is 3.18. The van der Waals surface area contributed by atoms with Crippen LogP contribution < -0.4 is 5.32 Å². The number of nitrogens with one attached hydrogen (secondary N) is 1. The second-order valence-electron chi connectivity index (χ2n) is 4.07. The molecule has 0 bridgehead atoms. The first kappa shape index (κ1) is 13.6. The lowest BCUT2D eigenvalue weighted by molar-refractivity contribution is 0.528. The zero-order chi connectivity index (χ0) is 12.8. The topological polar surface area (TPSA) is 37.8 Å². The number of nitrogens with zero attached hydrogens (tertiary/aromatic N) is 2. The van der Waals surface area contributed by atoms with E-state index in [9.17, 15) is 0 Å². The van der Waals surface area contributed by atoms with Crippen molar-refractivity contribution < 1.29 is 0 Å². The van der Waals surface area contributed by atoms with Crippen LogP contribution in [-0.4, -0.2) is 16.5 Å². The monoisotopic (exact) mass is 325 g/mol. The lowest BCUT2D eigenvalue weighted by Gasteiger charge is -2.17. The van der Waals surface area contributed by atoms with Gasteiger partial charge in [-0.25, -0.2) is 9.97 Å². The molecule has 18 heavy (non-hydrogen) atoms. The van der Waals surface area contributed by atoms with Crippen LogP contribution in [0, 0.1) is 0 Å². The molecule has 0 spiro atoms. The van der Waals surface area contributed by atoms with Crippen molar-refractivity contribution in [3.63, 3.8) is 0 Å². The molecule has 0 aliphatic carbocycles. The molecule has 2 heterocycles. The van der Waals surface area contributed by atoms with E-state index in [1.165, 1.54) is 9.35 Å². The fraction of sp³-hybridized carbons (Fsp3) is 0.385. The summed E-state index contributed by atoms with van der Waals surface area (Å²) in [5.74, 6) is 0. The van der Waals surface area contributed by atoms with Crippen LogP contribution in [0.25, 0.3) is 0 Å². The summed E-state index contributed by atoms with van der Waals surface area (Å²) in [5.41, 5.74) is 1.14. The van der Waals surface area contributed by atoms with Crippen molar-refractivity contribution in [3.05, 3.63) is 45.1 Å². The van der Waals surface area contributed by atoms with Crippen LogP contribution in [0.4, 0.5) is 0 Å². The van der Waals surface area contributed by atoms with Crippen molar-refractivity contribution >= 4 is 27.3 Å². The van der Waals surface area contributed by atoms with Gasteiger partial charge < -0.3 is 5.32 Å². The van der Waals surface area contributed by atoms with Gasteiger partial charge in [0.25, 0.3) is 0 Å². The van der Waals surface area contributed by atoms with Crippen molar-refractivity contribution in [2.24, 2.45) is 0 Å². The van der Waals surface area contributed by atoms with Crippen LogP contribution in [0.15, 0.2) is 34.6 Å². The van der Waals surface area contributed by atoms with Gasteiger partial charge in [0, 0.05) is 39.8 Å². The molecule has 0 saturated heterocycles. The van der Waals surface area contributed by atoms with E-state index in [-0.39, 0.29) is 6.04 Å². The summed E-state index contributed by atoms with van der Waals surface area (Å²) >= 11 is 5.37. The first-order valence-electron chi connectivity index (χ1n) is 6.01. The Morgan fingerprint density at radius 2 is 2.17 bits per heavy atom. The van der Waals surface area contributed by atoms with E-state index in [1.54, 1.807) is 17.7 Å². The average Bonchev–Trinajstić information content (AvgIpc) is 2.81. The Balaban J connectivity index is 2.13. The Hall–Kier alpha value is -0.780. The van der Waals surface area contributed by atoms with Gasteiger partial charge in [-0.05, 0) is 40.3 Å². The SMILES string of the molecule is CCCNC(Cc1sccc1Br)c1cncnc1. The third-order valence-corrected chi connectivity index (χ3v) is 4.65. The summed E-state index contributed by atoms with van der Waals surface area (Å²) in [5, 5.41) is 5.67. The van der Waals surface area contributed by atoms with Gasteiger partial charge in [0.15, 0.2) is 0 Å². The zero-order valence-electron chi connectivity index (χ0n) is 10.3. The first-order chi connectivity index (χ1) is 8.81. The van der Waals surface area contributed by atoms with E-state index in [0.717, 1.165) is 24.9 Å². The van der Waals surface area contributed by atoms with Crippen molar-refractivity contribution in [3.8, 4) is 0 Å². The number of rotatable bonds is 6. The molecule has 0 aliphatic heterocycles. The molecule has 0 aromatic carbocycles. The summed E-state index contributed by atoms with van der Waals surface area (Å²) in [7, 11) is 0. The maximum atomic E-state index is 4.11. The average molecular weight is 326 g/mol. The van der Waals surface area contributed by atoms with Crippen LogP contribution in [0.5, 0.6) is 0 Å². The highest BCUT2D eigenvalue weighted by Crippen LogP contribution is 2.27. The van der Waals surface area contributed by atoms with Crippen LogP contribution in [0.1, 0.15) is 29.8 Å². The maximum Gasteiger partial charge on any atom is 0.115 e. The lowest BCUT2D eigenvalue weighted by atomic mass is 10.1. The molecule has 0 fully saturated rings. The Labute approximate surface area is 120 Å². The number of hydrogen-bond acceptors (Lipinski definition) is 4. The Morgan fingerprint density at radius 1 is 1.39 bits per heavy atom. The molecule has 0 saturated carbocycles. The molecular weight excluding hydrogens is 310 g/mol. The molecule has 0 aliphatic rings. The van der Waals surface area contributed by atoms with Gasteiger partial charge in [0.1, 0.15) is 6.33 Å². The van der Waals surface area contributed by atoms with E-state index < -0.39 is 0 Å². The molecule has 1 unspecified atom stereocenters. The zero-order valence-corrected chi connectivity index (χ0v) is 12.7. The number of halogens is 1. The highest BCUT2D eigenvalue weighted by molar-refractivity contribution is 9.10. The van der Waals surface area contributed by atoms with Gasteiger partial charge >= 0.3 is 0 Å². The normalized spacial score (nSPS) is 12.6. The second kappa shape index (κ2) is 6.97. The van der Waals surface area contributed by atoms with Gasteiger partial charge in [-0.15, -0.1) is 11.3 Å². The fourth-order valence-electron chi connectivity index (χ4n) is 1.77. The van der Waals surface area contributed by atoms with Crippen molar-refractivity contribution in [1.29, 1.82) is 0 Å². The van der Waals surface area contributed by atoms with E-state index in [1.807, 2.05) is 12.4 Å². The highest BCUT2D eigenvalue weighted by atomic mass is 79.9. The van der Waals surface area contributed by atoms with E-state index in [4.69, 9.17) is 0 Å². The predicted octanol–water partition coefficient (Wildman–Crippen LogP) is 3.58. The van der Waals surface area contributed by atoms with E-state index in [2.05, 4.69) is 49.6 Å². The van der Waals surface area contributed by atoms with Crippen LogP contribution >= 0.6 is 27.3 Å². The molecular formula is C13H16BrN3S. The molecule has 3 nitrogen and oxygen atoms in total. The van der Waals surface area contributed by atoms with Gasteiger partial charge in [0.2, 0.25) is 0 Å². The predicted molar refractivity (Wildman–Crippen MR) is 78.8 cm³/mol. The van der Waals surface area contributed by atoms with Gasteiger partial charge in [-0.2, -0.15) is 0 Å². The van der Waals surface area contributed by atoms with E-state index >= 15 is 0 Å². The molecule has 1 N–H and O–H groups in total. The Morgan fingerprint density at radius 3 is 2.78 bits per heavy atom. The van der Waals surface area contributed by atoms with Gasteiger partial charge in [-0.1, -0.05) is 6.92 Å². The number of hydrogen-bond donors (Lipinski definition) is 1. The molecule has 2 rings (SSSR count).